The molecule has 1 aliphatic rings. The van der Waals surface area contributed by atoms with Gasteiger partial charge >= 0.3 is 11.9 Å². The Labute approximate surface area is 71.1 Å². The molecule has 1 fully saturated rings. The van der Waals surface area contributed by atoms with Crippen LogP contribution in [0.2, 0.25) is 0 Å². The van der Waals surface area contributed by atoms with Crippen LogP contribution >= 0.6 is 0 Å². The van der Waals surface area contributed by atoms with Gasteiger partial charge < -0.3 is 15.2 Å². The molecule has 0 saturated carbocycles. The van der Waals surface area contributed by atoms with Crippen LogP contribution in [0.5, 0.6) is 0 Å². The summed E-state index contributed by atoms with van der Waals surface area (Å²) in [6.45, 7) is -0.0725. The van der Waals surface area contributed by atoms with Crippen molar-refractivity contribution in [2.24, 2.45) is 0 Å². The van der Waals surface area contributed by atoms with Crippen molar-refractivity contribution >= 4 is 11.9 Å². The van der Waals surface area contributed by atoms with Crippen LogP contribution in [0.15, 0.2) is 0 Å². The van der Waals surface area contributed by atoms with E-state index in [1.54, 1.807) is 0 Å². The molecule has 0 amide bonds. The highest BCUT2D eigenvalue weighted by molar-refractivity contribution is 5.74. The average molecular weight is 174 g/mol. The molecule has 68 valence electrons. The Morgan fingerprint density at radius 2 is 2.50 bits per heavy atom. The Kier molecular flexibility index (Phi) is 2.22. The van der Waals surface area contributed by atoms with Gasteiger partial charge in [0.2, 0.25) is 0 Å². The fourth-order valence-corrected chi connectivity index (χ4v) is 1.17. The minimum Gasteiger partial charge on any atom is -0.480 e. The first-order valence-electron chi connectivity index (χ1n) is 4.29. The van der Waals surface area contributed by atoms with Crippen LogP contribution in [-0.2, 0) is 14.3 Å². The highest BCUT2D eigenvalue weighted by Crippen LogP contribution is 2.10. The lowest BCUT2D eigenvalue weighted by atomic mass is 10.2. The molecule has 2 N–H and O–H groups in total. The molecule has 5 nitrogen and oxygen atoms in total. The van der Waals surface area contributed by atoms with Crippen molar-refractivity contribution in [1.29, 1.82) is 0 Å². The number of carboxylic acids is 1. The third-order valence-electron chi connectivity index (χ3n) is 1.69. The fourth-order valence-electron chi connectivity index (χ4n) is 1.17. The Morgan fingerprint density at radius 1 is 1.75 bits per heavy atom. The van der Waals surface area contributed by atoms with Crippen molar-refractivity contribution in [3.05, 3.63) is 0 Å². The molecule has 0 bridgehead atoms. The molecule has 0 spiro atoms. The second kappa shape index (κ2) is 3.53. The zero-order valence-electron chi connectivity index (χ0n) is 7.45. The van der Waals surface area contributed by atoms with Crippen LogP contribution in [0.1, 0.15) is 14.7 Å². The average Bonchev–Trinajstić information content (AvgIpc) is 2.52. The number of carboxylic acid groups (broad SMARTS) is 1. The first-order valence-corrected chi connectivity index (χ1v) is 3.58. The largest absolute Gasteiger partial charge is 0.480 e. The number of rotatable bonds is 2. The number of hydrogen-bond acceptors (Lipinski definition) is 4. The summed E-state index contributed by atoms with van der Waals surface area (Å²) in [4.78, 5) is 21.1. The van der Waals surface area contributed by atoms with Gasteiger partial charge in [-0.25, -0.2) is 0 Å². The van der Waals surface area contributed by atoms with Gasteiger partial charge in [0.25, 0.3) is 0 Å². The number of hydrogen-bond donors (Lipinski definition) is 2. The van der Waals surface area contributed by atoms with E-state index in [0.717, 1.165) is 0 Å². The second-order valence-electron chi connectivity index (χ2n) is 2.65. The lowest BCUT2D eigenvalue weighted by Crippen LogP contribution is -2.29. The minimum absolute atomic E-state index is 0.279. The standard InChI is InChI=1S/C7H11NO4/c1-4(9)12-5-2-6(7(10)11)8-3-5/h5-6,8H,2-3H2,1H3,(H,10,11)/t5-,6+/m1/s1/i1D. The van der Waals surface area contributed by atoms with Crippen molar-refractivity contribution in [2.75, 3.05) is 6.54 Å². The summed E-state index contributed by atoms with van der Waals surface area (Å²) in [5, 5.41) is 11.3. The number of nitrogens with one attached hydrogen (secondary N) is 1. The smallest absolute Gasteiger partial charge is 0.320 e. The topological polar surface area (TPSA) is 75.6 Å². The summed E-state index contributed by atoms with van der Waals surface area (Å²) >= 11 is 0. The summed E-state index contributed by atoms with van der Waals surface area (Å²) in [6, 6.07) is -0.636. The third kappa shape index (κ3) is 2.20. The highest BCUT2D eigenvalue weighted by Gasteiger charge is 2.30. The first kappa shape index (κ1) is 7.54. The Hall–Kier alpha value is -1.10. The SMILES string of the molecule is [2H]CC(=O)O[C@H]1CN[C@H](C(=O)O)C1. The van der Waals surface area contributed by atoms with Crippen LogP contribution in [0.3, 0.4) is 0 Å². The number of ether oxygens (including phenoxy) is 1. The van der Waals surface area contributed by atoms with Crippen LogP contribution in [-0.4, -0.2) is 35.7 Å². The summed E-state index contributed by atoms with van der Waals surface area (Å²) in [7, 11) is 0. The van der Waals surface area contributed by atoms with Crippen LogP contribution in [0, 0.1) is 0 Å². The fraction of sp³-hybridized carbons (Fsp3) is 0.714. The predicted octanol–water partition coefficient (Wildman–Crippen LogP) is -0.635. The lowest BCUT2D eigenvalue weighted by Gasteiger charge is -2.07. The van der Waals surface area contributed by atoms with Crippen LogP contribution in [0.25, 0.3) is 0 Å². The van der Waals surface area contributed by atoms with Crippen molar-refractivity contribution in [2.45, 2.75) is 25.5 Å². The van der Waals surface area contributed by atoms with Gasteiger partial charge in [0.1, 0.15) is 12.1 Å². The molecule has 1 aliphatic heterocycles. The van der Waals surface area contributed by atoms with Crippen molar-refractivity contribution < 1.29 is 20.8 Å². The van der Waals surface area contributed by atoms with Crippen LogP contribution in [0.4, 0.5) is 0 Å². The summed E-state index contributed by atoms with van der Waals surface area (Å²) in [5.41, 5.74) is 0. The number of carbonyl (C=O) groups excluding carboxylic acids is 1. The van der Waals surface area contributed by atoms with E-state index in [1.165, 1.54) is 0 Å². The minimum atomic E-state index is -0.940. The molecule has 5 heteroatoms. The molecule has 12 heavy (non-hydrogen) atoms. The Balaban J connectivity index is 2.33. The summed E-state index contributed by atoms with van der Waals surface area (Å²) in [6.07, 6.45) is -0.125. The van der Waals surface area contributed by atoms with E-state index in [0.29, 0.717) is 6.54 Å². The van der Waals surface area contributed by atoms with E-state index >= 15 is 0 Å². The second-order valence-corrected chi connectivity index (χ2v) is 2.65. The molecule has 0 radical (unpaired) electrons. The molecule has 0 aromatic heterocycles. The molecule has 1 rings (SSSR count). The maximum absolute atomic E-state index is 10.7. The quantitative estimate of drug-likeness (QED) is 0.545. The molecule has 1 saturated heterocycles. The zero-order chi connectivity index (χ0) is 9.84. The highest BCUT2D eigenvalue weighted by atomic mass is 16.5. The Bertz CT molecular complexity index is 221. The van der Waals surface area contributed by atoms with Crippen molar-refractivity contribution in [3.63, 3.8) is 0 Å². The van der Waals surface area contributed by atoms with Gasteiger partial charge in [-0.1, -0.05) is 0 Å². The normalized spacial score (nSPS) is 29.5. The lowest BCUT2D eigenvalue weighted by molar-refractivity contribution is -0.146. The summed E-state index contributed by atoms with van der Waals surface area (Å²) in [5.74, 6) is -1.55. The van der Waals surface area contributed by atoms with Gasteiger partial charge in [-0.3, -0.25) is 9.59 Å². The van der Waals surface area contributed by atoms with E-state index in [-0.39, 0.29) is 6.42 Å². The first-order chi connectivity index (χ1) is 6.13. The van der Waals surface area contributed by atoms with Gasteiger partial charge in [-0.05, 0) is 0 Å². The van der Waals surface area contributed by atoms with E-state index in [2.05, 4.69) is 5.32 Å². The number of aliphatic carboxylic acids is 1. The van der Waals surface area contributed by atoms with E-state index in [4.69, 9.17) is 11.2 Å². The molecule has 1 heterocycles. The molecule has 2 atom stereocenters. The van der Waals surface area contributed by atoms with E-state index < -0.39 is 31.0 Å². The molecular formula is C7H11NO4. The molecule has 0 aromatic carbocycles. The zero-order valence-corrected chi connectivity index (χ0v) is 6.45. The van der Waals surface area contributed by atoms with E-state index in [1.807, 2.05) is 0 Å². The van der Waals surface area contributed by atoms with Gasteiger partial charge in [-0.2, -0.15) is 0 Å². The van der Waals surface area contributed by atoms with Crippen molar-refractivity contribution in [1.82, 2.24) is 5.32 Å². The number of esters is 1. The molecule has 0 aromatic rings. The number of carbonyl (C=O) groups is 2. The third-order valence-corrected chi connectivity index (χ3v) is 1.69. The Morgan fingerprint density at radius 3 is 3.00 bits per heavy atom. The van der Waals surface area contributed by atoms with Gasteiger partial charge in [0, 0.05) is 21.2 Å². The van der Waals surface area contributed by atoms with Gasteiger partial charge in [0.05, 0.1) is 0 Å². The maximum atomic E-state index is 10.7. The summed E-state index contributed by atoms with van der Waals surface area (Å²) < 4.78 is 11.5. The molecule has 0 unspecified atom stereocenters. The molecule has 0 aliphatic carbocycles. The maximum Gasteiger partial charge on any atom is 0.320 e. The van der Waals surface area contributed by atoms with E-state index in [9.17, 15) is 9.59 Å². The monoisotopic (exact) mass is 174 g/mol. The predicted molar refractivity (Wildman–Crippen MR) is 39.6 cm³/mol. The van der Waals surface area contributed by atoms with Gasteiger partial charge in [0.15, 0.2) is 0 Å². The molecular weight excluding hydrogens is 162 g/mol. The van der Waals surface area contributed by atoms with Gasteiger partial charge in [-0.15, -0.1) is 0 Å². The van der Waals surface area contributed by atoms with Crippen molar-refractivity contribution in [3.8, 4) is 0 Å². The van der Waals surface area contributed by atoms with Crippen LogP contribution < -0.4 is 5.32 Å².